The number of carbonyl (C=O) groups is 2. The van der Waals surface area contributed by atoms with Crippen molar-refractivity contribution in [1.82, 2.24) is 5.32 Å². The van der Waals surface area contributed by atoms with Gasteiger partial charge in [-0.25, -0.2) is 9.59 Å². The third-order valence-electron chi connectivity index (χ3n) is 5.80. The zero-order valence-electron chi connectivity index (χ0n) is 17.9. The lowest BCUT2D eigenvalue weighted by molar-refractivity contribution is -0.385. The van der Waals surface area contributed by atoms with Gasteiger partial charge < -0.3 is 20.3 Å². The molecule has 1 amide bonds. The molecule has 3 aromatic rings. The molecule has 1 atom stereocenters. The maximum Gasteiger partial charge on any atom is 0.407 e. The molecular weight excluding hydrogens is 588 g/mol. The highest BCUT2D eigenvalue weighted by molar-refractivity contribution is 9.13. The predicted octanol–water partition coefficient (Wildman–Crippen LogP) is 5.36. The summed E-state index contributed by atoms with van der Waals surface area (Å²) < 4.78 is 5.41. The molecule has 1 aliphatic carbocycles. The van der Waals surface area contributed by atoms with Crippen LogP contribution >= 0.6 is 31.9 Å². The summed E-state index contributed by atoms with van der Waals surface area (Å²) in [4.78, 5) is 34.9. The highest BCUT2D eigenvalue weighted by Crippen LogP contribution is 2.44. The number of alkyl carbamates (subject to hydrolysis) is 1. The quantitative estimate of drug-likeness (QED) is 0.243. The van der Waals surface area contributed by atoms with Crippen molar-refractivity contribution in [3.8, 4) is 16.9 Å². The van der Waals surface area contributed by atoms with Crippen molar-refractivity contribution in [1.29, 1.82) is 0 Å². The number of carboxylic acids is 1. The fourth-order valence-corrected chi connectivity index (χ4v) is 5.05. The SMILES string of the molecule is O=C(NC(Cc1cc([N+](=O)[O-])c(Br)c(Br)c1O)C(=O)O)OCC1c2ccccc2-c2ccccc21. The molecule has 180 valence electrons. The van der Waals surface area contributed by atoms with Crippen LogP contribution in [0.1, 0.15) is 22.6 Å². The summed E-state index contributed by atoms with van der Waals surface area (Å²) >= 11 is 6.08. The van der Waals surface area contributed by atoms with E-state index in [-0.39, 0.29) is 38.5 Å². The van der Waals surface area contributed by atoms with Crippen molar-refractivity contribution < 1.29 is 29.5 Å². The number of nitrogens with zero attached hydrogens (tertiary/aromatic N) is 1. The number of benzene rings is 3. The average Bonchev–Trinajstić information content (AvgIpc) is 3.15. The molecule has 0 aliphatic heterocycles. The van der Waals surface area contributed by atoms with Gasteiger partial charge >= 0.3 is 12.1 Å². The molecule has 0 saturated heterocycles. The van der Waals surface area contributed by atoms with Gasteiger partial charge in [-0.1, -0.05) is 48.5 Å². The van der Waals surface area contributed by atoms with Crippen LogP contribution in [0, 0.1) is 10.1 Å². The van der Waals surface area contributed by atoms with Crippen molar-refractivity contribution in [2.24, 2.45) is 0 Å². The van der Waals surface area contributed by atoms with Crippen LogP contribution in [0.4, 0.5) is 10.5 Å². The third-order valence-corrected chi connectivity index (χ3v) is 7.90. The Bertz CT molecular complexity index is 1300. The van der Waals surface area contributed by atoms with Crippen LogP contribution in [0.25, 0.3) is 11.1 Å². The maximum atomic E-state index is 12.5. The Labute approximate surface area is 216 Å². The van der Waals surface area contributed by atoms with E-state index in [4.69, 9.17) is 4.74 Å². The minimum atomic E-state index is -1.50. The standard InChI is InChI=1S/C24H18Br2N2O7/c25-20-19(28(33)34)10-12(22(29)21(20)26)9-18(23(30)31)27-24(32)35-11-17-15-7-3-1-5-13(15)14-6-2-4-8-16(14)17/h1-8,10,17-18,29H,9,11H2,(H,27,32)(H,30,31). The van der Waals surface area contributed by atoms with Gasteiger partial charge in [0, 0.05) is 24.0 Å². The first-order chi connectivity index (χ1) is 16.7. The monoisotopic (exact) mass is 604 g/mol. The fourth-order valence-electron chi connectivity index (χ4n) is 4.14. The molecule has 0 radical (unpaired) electrons. The van der Waals surface area contributed by atoms with E-state index in [9.17, 15) is 29.9 Å². The van der Waals surface area contributed by atoms with Crippen LogP contribution < -0.4 is 5.32 Å². The summed E-state index contributed by atoms with van der Waals surface area (Å²) in [5.41, 5.74) is 3.73. The number of hydrogen-bond acceptors (Lipinski definition) is 6. The number of ether oxygens (including phenoxy) is 1. The van der Waals surface area contributed by atoms with Crippen molar-refractivity contribution >= 4 is 49.6 Å². The van der Waals surface area contributed by atoms with E-state index in [1.807, 2.05) is 48.5 Å². The zero-order valence-corrected chi connectivity index (χ0v) is 21.1. The number of nitrogens with one attached hydrogen (secondary N) is 1. The smallest absolute Gasteiger partial charge is 0.407 e. The summed E-state index contributed by atoms with van der Waals surface area (Å²) in [5, 5.41) is 33.5. The molecule has 0 bridgehead atoms. The number of halogens is 2. The summed E-state index contributed by atoms with van der Waals surface area (Å²) in [7, 11) is 0. The number of amides is 1. The van der Waals surface area contributed by atoms with Crippen LogP contribution in [0.15, 0.2) is 63.5 Å². The van der Waals surface area contributed by atoms with Crippen molar-refractivity contribution in [3.05, 3.63) is 90.3 Å². The highest BCUT2D eigenvalue weighted by atomic mass is 79.9. The van der Waals surface area contributed by atoms with Crippen molar-refractivity contribution in [2.45, 2.75) is 18.4 Å². The Morgan fingerprint density at radius 1 is 1.06 bits per heavy atom. The van der Waals surface area contributed by atoms with Crippen LogP contribution in [-0.4, -0.2) is 39.8 Å². The summed E-state index contributed by atoms with van der Waals surface area (Å²) in [6.07, 6.45) is -1.36. The van der Waals surface area contributed by atoms with E-state index in [1.165, 1.54) is 0 Å². The predicted molar refractivity (Wildman–Crippen MR) is 133 cm³/mol. The molecular formula is C24H18Br2N2O7. The number of carbonyl (C=O) groups excluding carboxylic acids is 1. The van der Waals surface area contributed by atoms with Crippen molar-refractivity contribution in [2.75, 3.05) is 6.61 Å². The van der Waals surface area contributed by atoms with E-state index in [2.05, 4.69) is 37.2 Å². The number of fused-ring (bicyclic) bond motifs is 3. The maximum absolute atomic E-state index is 12.5. The van der Waals surface area contributed by atoms with Crippen LogP contribution in [-0.2, 0) is 16.0 Å². The number of hydrogen-bond donors (Lipinski definition) is 3. The second-order valence-corrected chi connectivity index (χ2v) is 9.44. The molecule has 0 saturated carbocycles. The first-order valence-corrected chi connectivity index (χ1v) is 12.0. The third kappa shape index (κ3) is 4.87. The molecule has 35 heavy (non-hydrogen) atoms. The summed E-state index contributed by atoms with van der Waals surface area (Å²) in [6, 6.07) is 15.1. The van der Waals surface area contributed by atoms with Gasteiger partial charge in [-0.3, -0.25) is 10.1 Å². The molecule has 3 aromatic carbocycles. The van der Waals surface area contributed by atoms with Gasteiger partial charge in [0.05, 0.1) is 9.40 Å². The first kappa shape index (κ1) is 24.7. The van der Waals surface area contributed by atoms with Gasteiger partial charge in [0.15, 0.2) is 0 Å². The lowest BCUT2D eigenvalue weighted by atomic mass is 9.98. The van der Waals surface area contributed by atoms with Crippen LogP contribution in [0.2, 0.25) is 0 Å². The van der Waals surface area contributed by atoms with E-state index < -0.39 is 29.4 Å². The molecule has 0 spiro atoms. The fraction of sp³-hybridized carbons (Fsp3) is 0.167. The molecule has 9 nitrogen and oxygen atoms in total. The highest BCUT2D eigenvalue weighted by Gasteiger charge is 2.31. The largest absolute Gasteiger partial charge is 0.506 e. The van der Waals surface area contributed by atoms with Gasteiger partial charge in [-0.2, -0.15) is 0 Å². The Morgan fingerprint density at radius 2 is 1.63 bits per heavy atom. The number of aliphatic carboxylic acids is 1. The Morgan fingerprint density at radius 3 is 2.17 bits per heavy atom. The molecule has 4 rings (SSSR count). The summed E-state index contributed by atoms with van der Waals surface area (Å²) in [5.74, 6) is -1.96. The number of phenols is 1. The van der Waals surface area contributed by atoms with Crippen molar-refractivity contribution in [3.63, 3.8) is 0 Å². The summed E-state index contributed by atoms with van der Waals surface area (Å²) in [6.45, 7) is -0.00719. The average molecular weight is 606 g/mol. The molecule has 1 unspecified atom stereocenters. The number of carboxylic acid groups (broad SMARTS) is 1. The second kappa shape index (κ2) is 10.0. The zero-order chi connectivity index (χ0) is 25.3. The molecule has 0 heterocycles. The topological polar surface area (TPSA) is 139 Å². The normalized spacial score (nSPS) is 13.0. The Balaban J connectivity index is 1.49. The Hall–Kier alpha value is -3.44. The molecule has 11 heteroatoms. The minimum Gasteiger partial charge on any atom is -0.506 e. The second-order valence-electron chi connectivity index (χ2n) is 7.85. The van der Waals surface area contributed by atoms with Gasteiger partial charge in [-0.15, -0.1) is 0 Å². The van der Waals surface area contributed by atoms with Gasteiger partial charge in [0.2, 0.25) is 0 Å². The molecule has 1 aliphatic rings. The number of nitro groups is 1. The van der Waals surface area contributed by atoms with E-state index in [1.54, 1.807) is 0 Å². The van der Waals surface area contributed by atoms with E-state index >= 15 is 0 Å². The Kier molecular flexibility index (Phi) is 7.08. The minimum absolute atomic E-state index is 0.00646. The van der Waals surface area contributed by atoms with E-state index in [0.717, 1.165) is 28.3 Å². The number of nitro benzene ring substituents is 1. The number of rotatable bonds is 7. The van der Waals surface area contributed by atoms with Gasteiger partial charge in [0.25, 0.3) is 5.69 Å². The van der Waals surface area contributed by atoms with E-state index in [0.29, 0.717) is 0 Å². The van der Waals surface area contributed by atoms with Crippen LogP contribution in [0.5, 0.6) is 5.75 Å². The number of aromatic hydroxyl groups is 1. The number of phenolic OH excluding ortho intramolecular Hbond substituents is 1. The van der Waals surface area contributed by atoms with Gasteiger partial charge in [0.1, 0.15) is 22.9 Å². The lowest BCUT2D eigenvalue weighted by Gasteiger charge is -2.18. The molecule has 0 aromatic heterocycles. The van der Waals surface area contributed by atoms with Gasteiger partial charge in [-0.05, 0) is 54.1 Å². The molecule has 3 N–H and O–H groups in total. The molecule has 0 fully saturated rings. The lowest BCUT2D eigenvalue weighted by Crippen LogP contribution is -2.43. The first-order valence-electron chi connectivity index (χ1n) is 10.4. The van der Waals surface area contributed by atoms with Crippen LogP contribution in [0.3, 0.4) is 0 Å².